The standard InChI is InChI=1S/C14H14F3N3O3/c1-21-9-6-8(7-10(22-2)12(9)23-3)19-13-18-5-4-11(20-13)14(15,16)17/h4-7H,1-3H3,(H,18,19,20). The Balaban J connectivity index is 2.37. The Morgan fingerprint density at radius 1 is 1.00 bits per heavy atom. The van der Waals surface area contributed by atoms with Crippen LogP contribution < -0.4 is 19.5 Å². The monoisotopic (exact) mass is 329 g/mol. The molecule has 1 aromatic carbocycles. The third-order valence-corrected chi connectivity index (χ3v) is 2.87. The quantitative estimate of drug-likeness (QED) is 0.908. The van der Waals surface area contributed by atoms with E-state index in [0.29, 0.717) is 22.9 Å². The van der Waals surface area contributed by atoms with Gasteiger partial charge in [-0.1, -0.05) is 0 Å². The molecule has 0 saturated heterocycles. The lowest BCUT2D eigenvalue weighted by molar-refractivity contribution is -0.141. The molecule has 0 amide bonds. The zero-order valence-electron chi connectivity index (χ0n) is 12.6. The summed E-state index contributed by atoms with van der Waals surface area (Å²) in [4.78, 5) is 7.20. The van der Waals surface area contributed by atoms with E-state index < -0.39 is 11.9 Å². The molecule has 2 aromatic rings. The van der Waals surface area contributed by atoms with Crippen molar-refractivity contribution in [3.63, 3.8) is 0 Å². The number of alkyl halides is 3. The molecule has 0 radical (unpaired) electrons. The number of rotatable bonds is 5. The summed E-state index contributed by atoms with van der Waals surface area (Å²) in [6.07, 6.45) is -3.52. The van der Waals surface area contributed by atoms with E-state index in [1.165, 1.54) is 33.5 Å². The lowest BCUT2D eigenvalue weighted by Gasteiger charge is -2.15. The number of hydrogen-bond acceptors (Lipinski definition) is 6. The van der Waals surface area contributed by atoms with Crippen LogP contribution in [-0.4, -0.2) is 31.3 Å². The fraction of sp³-hybridized carbons (Fsp3) is 0.286. The Hall–Kier alpha value is -2.71. The number of anilines is 2. The summed E-state index contributed by atoms with van der Waals surface area (Å²) in [5.74, 6) is 0.863. The van der Waals surface area contributed by atoms with Gasteiger partial charge in [0.2, 0.25) is 11.7 Å². The van der Waals surface area contributed by atoms with Crippen LogP contribution >= 0.6 is 0 Å². The zero-order valence-corrected chi connectivity index (χ0v) is 12.6. The highest BCUT2D eigenvalue weighted by Crippen LogP contribution is 2.40. The van der Waals surface area contributed by atoms with E-state index in [9.17, 15) is 13.2 Å². The highest BCUT2D eigenvalue weighted by molar-refractivity contribution is 5.65. The molecule has 0 fully saturated rings. The van der Waals surface area contributed by atoms with E-state index in [0.717, 1.165) is 12.3 Å². The van der Waals surface area contributed by atoms with Crippen molar-refractivity contribution in [2.75, 3.05) is 26.6 Å². The average molecular weight is 329 g/mol. The van der Waals surface area contributed by atoms with Gasteiger partial charge in [-0.05, 0) is 6.07 Å². The summed E-state index contributed by atoms with van der Waals surface area (Å²) < 4.78 is 53.5. The van der Waals surface area contributed by atoms with Gasteiger partial charge in [0, 0.05) is 24.0 Å². The first-order valence-electron chi connectivity index (χ1n) is 6.36. The molecular weight excluding hydrogens is 315 g/mol. The van der Waals surface area contributed by atoms with Crippen LogP contribution in [0.15, 0.2) is 24.4 Å². The van der Waals surface area contributed by atoms with Gasteiger partial charge in [-0.15, -0.1) is 0 Å². The number of benzene rings is 1. The molecule has 0 saturated carbocycles. The van der Waals surface area contributed by atoms with E-state index >= 15 is 0 Å². The van der Waals surface area contributed by atoms with Crippen LogP contribution in [0, 0.1) is 0 Å². The van der Waals surface area contributed by atoms with Gasteiger partial charge in [0.15, 0.2) is 11.5 Å². The smallest absolute Gasteiger partial charge is 0.433 e. The highest BCUT2D eigenvalue weighted by atomic mass is 19.4. The van der Waals surface area contributed by atoms with Gasteiger partial charge in [-0.25, -0.2) is 9.97 Å². The zero-order chi connectivity index (χ0) is 17.0. The minimum atomic E-state index is -4.55. The Bertz CT molecular complexity index is 667. The molecular formula is C14H14F3N3O3. The number of halogens is 3. The van der Waals surface area contributed by atoms with Crippen LogP contribution in [-0.2, 0) is 6.18 Å². The van der Waals surface area contributed by atoms with Crippen LogP contribution in [0.5, 0.6) is 17.2 Å². The summed E-state index contributed by atoms with van der Waals surface area (Å²) in [6.45, 7) is 0. The van der Waals surface area contributed by atoms with E-state index in [4.69, 9.17) is 14.2 Å². The maximum absolute atomic E-state index is 12.7. The summed E-state index contributed by atoms with van der Waals surface area (Å²) in [6, 6.07) is 3.86. The fourth-order valence-corrected chi connectivity index (χ4v) is 1.86. The van der Waals surface area contributed by atoms with Crippen molar-refractivity contribution < 1.29 is 27.4 Å². The van der Waals surface area contributed by atoms with Crippen LogP contribution in [0.3, 0.4) is 0 Å². The van der Waals surface area contributed by atoms with E-state index in [1.807, 2.05) is 0 Å². The van der Waals surface area contributed by atoms with E-state index in [1.54, 1.807) is 0 Å². The Labute approximate surface area is 130 Å². The van der Waals surface area contributed by atoms with Crippen molar-refractivity contribution in [2.24, 2.45) is 0 Å². The summed E-state index contributed by atoms with van der Waals surface area (Å²) in [5.41, 5.74) is -0.652. The molecule has 0 unspecified atom stereocenters. The predicted molar refractivity (Wildman–Crippen MR) is 76.4 cm³/mol. The number of hydrogen-bond donors (Lipinski definition) is 1. The molecule has 0 bridgehead atoms. The molecule has 124 valence electrons. The number of methoxy groups -OCH3 is 3. The molecule has 1 N–H and O–H groups in total. The average Bonchev–Trinajstić information content (AvgIpc) is 2.53. The summed E-state index contributed by atoms with van der Waals surface area (Å²) in [7, 11) is 4.31. The van der Waals surface area contributed by atoms with Crippen LogP contribution in [0.4, 0.5) is 24.8 Å². The molecule has 1 heterocycles. The van der Waals surface area contributed by atoms with Crippen molar-refractivity contribution in [3.05, 3.63) is 30.1 Å². The predicted octanol–water partition coefficient (Wildman–Crippen LogP) is 3.26. The second-order valence-corrected chi connectivity index (χ2v) is 4.30. The molecule has 6 nitrogen and oxygen atoms in total. The van der Waals surface area contributed by atoms with Crippen LogP contribution in [0.1, 0.15) is 5.69 Å². The lowest BCUT2D eigenvalue weighted by atomic mass is 10.2. The number of ether oxygens (including phenoxy) is 3. The maximum Gasteiger partial charge on any atom is 0.433 e. The first-order valence-corrected chi connectivity index (χ1v) is 6.36. The third-order valence-electron chi connectivity index (χ3n) is 2.87. The van der Waals surface area contributed by atoms with Crippen molar-refractivity contribution in [3.8, 4) is 17.2 Å². The first-order chi connectivity index (χ1) is 10.9. The fourth-order valence-electron chi connectivity index (χ4n) is 1.86. The van der Waals surface area contributed by atoms with Gasteiger partial charge in [0.05, 0.1) is 21.3 Å². The van der Waals surface area contributed by atoms with Gasteiger partial charge in [-0.3, -0.25) is 0 Å². The van der Waals surface area contributed by atoms with Gasteiger partial charge in [-0.2, -0.15) is 13.2 Å². The minimum Gasteiger partial charge on any atom is -0.493 e. The van der Waals surface area contributed by atoms with Crippen molar-refractivity contribution in [2.45, 2.75) is 6.18 Å². The summed E-state index contributed by atoms with van der Waals surface area (Å²) in [5, 5.41) is 2.68. The van der Waals surface area contributed by atoms with Gasteiger partial charge < -0.3 is 19.5 Å². The molecule has 1 aromatic heterocycles. The number of nitrogens with one attached hydrogen (secondary N) is 1. The number of aromatic nitrogens is 2. The second-order valence-electron chi connectivity index (χ2n) is 4.30. The van der Waals surface area contributed by atoms with E-state index in [-0.39, 0.29) is 5.95 Å². The minimum absolute atomic E-state index is 0.200. The van der Waals surface area contributed by atoms with Crippen molar-refractivity contribution in [1.82, 2.24) is 9.97 Å². The van der Waals surface area contributed by atoms with Crippen molar-refractivity contribution in [1.29, 1.82) is 0 Å². The second kappa shape index (κ2) is 6.59. The molecule has 0 aliphatic rings. The summed E-state index contributed by atoms with van der Waals surface area (Å²) >= 11 is 0. The number of nitrogens with zero attached hydrogens (tertiary/aromatic N) is 2. The Morgan fingerprint density at radius 2 is 1.61 bits per heavy atom. The highest BCUT2D eigenvalue weighted by Gasteiger charge is 2.32. The van der Waals surface area contributed by atoms with Gasteiger partial charge in [0.25, 0.3) is 0 Å². The molecule has 2 rings (SSSR count). The van der Waals surface area contributed by atoms with E-state index in [2.05, 4.69) is 15.3 Å². The molecule has 23 heavy (non-hydrogen) atoms. The topological polar surface area (TPSA) is 65.5 Å². The van der Waals surface area contributed by atoms with Gasteiger partial charge in [0.1, 0.15) is 5.69 Å². The third kappa shape index (κ3) is 3.74. The SMILES string of the molecule is COc1cc(Nc2nccc(C(F)(F)F)n2)cc(OC)c1OC. The molecule has 0 spiro atoms. The first kappa shape index (κ1) is 16.7. The molecule has 0 aliphatic carbocycles. The van der Waals surface area contributed by atoms with Crippen LogP contribution in [0.25, 0.3) is 0 Å². The molecule has 0 aliphatic heterocycles. The maximum atomic E-state index is 12.7. The lowest BCUT2D eigenvalue weighted by Crippen LogP contribution is -2.10. The normalized spacial score (nSPS) is 11.0. The van der Waals surface area contributed by atoms with Crippen molar-refractivity contribution >= 4 is 11.6 Å². The Kier molecular flexibility index (Phi) is 4.77. The molecule has 0 atom stereocenters. The largest absolute Gasteiger partial charge is 0.493 e. The molecule has 9 heteroatoms. The van der Waals surface area contributed by atoms with Gasteiger partial charge >= 0.3 is 6.18 Å². The Morgan fingerprint density at radius 3 is 2.09 bits per heavy atom. The van der Waals surface area contributed by atoms with Crippen LogP contribution in [0.2, 0.25) is 0 Å².